The minimum absolute atomic E-state index is 0.0415. The largest absolute Gasteiger partial charge is 0.489 e. The second-order valence-corrected chi connectivity index (χ2v) is 8.92. The first-order chi connectivity index (χ1) is 16.5. The van der Waals surface area contributed by atoms with Gasteiger partial charge in [-0.3, -0.25) is 14.5 Å². The maximum Gasteiger partial charge on any atom is 0.232 e. The first-order valence-electron chi connectivity index (χ1n) is 11.6. The molecule has 0 N–H and O–H groups in total. The van der Waals surface area contributed by atoms with E-state index in [0.717, 1.165) is 16.9 Å². The molecule has 0 saturated heterocycles. The number of aryl methyl sites for hydroxylation is 1. The molecule has 3 aromatic rings. The molecule has 172 valence electrons. The van der Waals surface area contributed by atoms with Crippen LogP contribution in [0.25, 0.3) is 0 Å². The predicted molar refractivity (Wildman–Crippen MR) is 129 cm³/mol. The van der Waals surface area contributed by atoms with Crippen LogP contribution in [0.4, 0.5) is 10.1 Å². The number of halogens is 1. The fourth-order valence-corrected chi connectivity index (χ4v) is 4.96. The van der Waals surface area contributed by atoms with Gasteiger partial charge >= 0.3 is 0 Å². The highest BCUT2D eigenvalue weighted by atomic mass is 19.1. The summed E-state index contributed by atoms with van der Waals surface area (Å²) in [5.41, 5.74) is 4.67. The zero-order chi connectivity index (χ0) is 23.7. The molecule has 1 atom stereocenters. The Morgan fingerprint density at radius 3 is 2.53 bits per heavy atom. The number of carbonyl (C=O) groups excluding carboxylic acids is 2. The number of allylic oxidation sites excluding steroid dienone is 2. The molecule has 1 amide bonds. The number of ether oxygens (including phenoxy) is 1. The van der Waals surface area contributed by atoms with Crippen molar-refractivity contribution in [1.82, 2.24) is 0 Å². The SMILES string of the molecule is Cc1cccc(COc2ccc(C3CC(=O)N(c4ccccc4F)C4=C3C(=O)CCC4)cc2)c1. The van der Waals surface area contributed by atoms with Gasteiger partial charge in [0, 0.05) is 30.0 Å². The average Bonchev–Trinajstić information content (AvgIpc) is 2.84. The number of para-hydroxylation sites is 1. The van der Waals surface area contributed by atoms with Crippen molar-refractivity contribution in [3.05, 3.63) is 107 Å². The van der Waals surface area contributed by atoms with Gasteiger partial charge in [0.05, 0.1) is 5.69 Å². The molecule has 3 aromatic carbocycles. The van der Waals surface area contributed by atoms with E-state index in [2.05, 4.69) is 6.07 Å². The van der Waals surface area contributed by atoms with E-state index in [9.17, 15) is 14.0 Å². The van der Waals surface area contributed by atoms with Crippen LogP contribution in [-0.4, -0.2) is 11.7 Å². The molecule has 4 nitrogen and oxygen atoms in total. The molecule has 1 aliphatic heterocycles. The first kappa shape index (κ1) is 22.1. The van der Waals surface area contributed by atoms with Gasteiger partial charge < -0.3 is 4.74 Å². The van der Waals surface area contributed by atoms with Crippen molar-refractivity contribution < 1.29 is 18.7 Å². The second-order valence-electron chi connectivity index (χ2n) is 8.92. The minimum atomic E-state index is -0.464. The summed E-state index contributed by atoms with van der Waals surface area (Å²) in [6.07, 6.45) is 1.82. The van der Waals surface area contributed by atoms with Crippen LogP contribution in [0.2, 0.25) is 0 Å². The van der Waals surface area contributed by atoms with Crippen molar-refractivity contribution in [3.8, 4) is 5.75 Å². The summed E-state index contributed by atoms with van der Waals surface area (Å²) in [7, 11) is 0. The Kier molecular flexibility index (Phi) is 6.01. The molecule has 1 unspecified atom stereocenters. The van der Waals surface area contributed by atoms with Gasteiger partial charge in [-0.2, -0.15) is 0 Å². The smallest absolute Gasteiger partial charge is 0.232 e. The highest BCUT2D eigenvalue weighted by Gasteiger charge is 2.40. The Balaban J connectivity index is 1.43. The maximum absolute atomic E-state index is 14.6. The molecule has 0 radical (unpaired) electrons. The molecule has 34 heavy (non-hydrogen) atoms. The molecule has 0 saturated carbocycles. The highest BCUT2D eigenvalue weighted by Crippen LogP contribution is 2.44. The van der Waals surface area contributed by atoms with E-state index < -0.39 is 5.82 Å². The van der Waals surface area contributed by atoms with Crippen LogP contribution in [0.5, 0.6) is 5.75 Å². The van der Waals surface area contributed by atoms with Crippen molar-refractivity contribution in [2.24, 2.45) is 0 Å². The lowest BCUT2D eigenvalue weighted by atomic mass is 9.77. The molecule has 5 heteroatoms. The number of hydrogen-bond acceptors (Lipinski definition) is 3. The number of anilines is 1. The molecule has 0 spiro atoms. The van der Waals surface area contributed by atoms with Crippen molar-refractivity contribution >= 4 is 17.4 Å². The zero-order valence-electron chi connectivity index (χ0n) is 19.1. The third-order valence-corrected chi connectivity index (χ3v) is 6.54. The summed E-state index contributed by atoms with van der Waals surface area (Å²) in [5, 5.41) is 0. The Morgan fingerprint density at radius 1 is 0.971 bits per heavy atom. The van der Waals surface area contributed by atoms with Crippen LogP contribution < -0.4 is 9.64 Å². The van der Waals surface area contributed by atoms with Gasteiger partial charge in [-0.1, -0.05) is 54.1 Å². The number of Topliss-reactive ketones (excluding diaryl/α,β-unsaturated/α-hetero) is 1. The third-order valence-electron chi connectivity index (χ3n) is 6.54. The Morgan fingerprint density at radius 2 is 1.76 bits per heavy atom. The number of rotatable bonds is 5. The molecule has 0 aromatic heterocycles. The van der Waals surface area contributed by atoms with Crippen LogP contribution in [0.15, 0.2) is 84.1 Å². The van der Waals surface area contributed by atoms with Gasteiger partial charge in [-0.15, -0.1) is 0 Å². The van der Waals surface area contributed by atoms with Gasteiger partial charge in [-0.25, -0.2) is 4.39 Å². The van der Waals surface area contributed by atoms with Crippen molar-refractivity contribution in [2.45, 2.75) is 45.1 Å². The van der Waals surface area contributed by atoms with Crippen molar-refractivity contribution in [1.29, 1.82) is 0 Å². The molecule has 1 heterocycles. The number of benzene rings is 3. The number of hydrogen-bond donors (Lipinski definition) is 0. The Bertz CT molecular complexity index is 1280. The van der Waals surface area contributed by atoms with E-state index in [1.165, 1.54) is 16.5 Å². The van der Waals surface area contributed by atoms with E-state index in [-0.39, 0.29) is 29.7 Å². The van der Waals surface area contributed by atoms with Crippen molar-refractivity contribution in [2.75, 3.05) is 4.90 Å². The van der Waals surface area contributed by atoms with Crippen LogP contribution in [-0.2, 0) is 16.2 Å². The fraction of sp³-hybridized carbons (Fsp3) is 0.241. The summed E-state index contributed by atoms with van der Waals surface area (Å²) in [6, 6.07) is 22.0. The highest BCUT2D eigenvalue weighted by molar-refractivity contribution is 6.07. The van der Waals surface area contributed by atoms with E-state index in [0.29, 0.717) is 37.1 Å². The molecule has 0 fully saturated rings. The van der Waals surface area contributed by atoms with E-state index in [1.807, 2.05) is 49.4 Å². The van der Waals surface area contributed by atoms with Gasteiger partial charge in [0.1, 0.15) is 18.2 Å². The monoisotopic (exact) mass is 455 g/mol. The van der Waals surface area contributed by atoms with E-state index in [4.69, 9.17) is 4.74 Å². The zero-order valence-corrected chi connectivity index (χ0v) is 19.1. The van der Waals surface area contributed by atoms with E-state index >= 15 is 0 Å². The molecule has 2 aliphatic rings. The third kappa shape index (κ3) is 4.26. The normalized spacial score (nSPS) is 18.2. The summed E-state index contributed by atoms with van der Waals surface area (Å²) in [6.45, 7) is 2.51. The van der Waals surface area contributed by atoms with Crippen LogP contribution in [0.1, 0.15) is 48.3 Å². The average molecular weight is 456 g/mol. The topological polar surface area (TPSA) is 46.6 Å². The summed E-state index contributed by atoms with van der Waals surface area (Å²) < 4.78 is 20.5. The van der Waals surface area contributed by atoms with Crippen LogP contribution in [0, 0.1) is 12.7 Å². The molecular weight excluding hydrogens is 429 g/mol. The Labute approximate surface area is 198 Å². The van der Waals surface area contributed by atoms with Gasteiger partial charge in [0.25, 0.3) is 0 Å². The summed E-state index contributed by atoms with van der Waals surface area (Å²) >= 11 is 0. The van der Waals surface area contributed by atoms with Crippen LogP contribution >= 0.6 is 0 Å². The van der Waals surface area contributed by atoms with Gasteiger partial charge in [0.2, 0.25) is 5.91 Å². The van der Waals surface area contributed by atoms with Gasteiger partial charge in [0.15, 0.2) is 5.78 Å². The predicted octanol–water partition coefficient (Wildman–Crippen LogP) is 6.24. The molecule has 5 rings (SSSR count). The molecule has 1 aliphatic carbocycles. The standard InChI is InChI=1S/C29H26FNO3/c1-19-6-4-7-20(16-19)18-34-22-14-12-21(13-15-22)23-17-28(33)31(25-9-3-2-8-24(25)30)26-10-5-11-27(32)29(23)26/h2-4,6-9,12-16,23H,5,10-11,17-18H2,1H3. The Hall–Kier alpha value is -3.73. The lowest BCUT2D eigenvalue weighted by Gasteiger charge is -2.38. The summed E-state index contributed by atoms with van der Waals surface area (Å²) in [5.74, 6) is -0.217. The number of carbonyl (C=O) groups is 2. The molecular formula is C29H26FNO3. The minimum Gasteiger partial charge on any atom is -0.489 e. The number of amides is 1. The van der Waals surface area contributed by atoms with E-state index in [1.54, 1.807) is 18.2 Å². The lowest BCUT2D eigenvalue weighted by molar-refractivity contribution is -0.120. The van der Waals surface area contributed by atoms with Gasteiger partial charge in [-0.05, 0) is 55.2 Å². The fourth-order valence-electron chi connectivity index (χ4n) is 4.96. The second kappa shape index (κ2) is 9.26. The molecule has 0 bridgehead atoms. The number of ketones is 1. The maximum atomic E-state index is 14.6. The lowest BCUT2D eigenvalue weighted by Crippen LogP contribution is -2.41. The first-order valence-corrected chi connectivity index (χ1v) is 11.6. The van der Waals surface area contributed by atoms with Crippen molar-refractivity contribution in [3.63, 3.8) is 0 Å². The number of nitrogens with zero attached hydrogens (tertiary/aromatic N) is 1. The van der Waals surface area contributed by atoms with Crippen LogP contribution in [0.3, 0.4) is 0 Å². The summed E-state index contributed by atoms with van der Waals surface area (Å²) in [4.78, 5) is 27.7. The quantitative estimate of drug-likeness (QED) is 0.457.